The van der Waals surface area contributed by atoms with Crippen LogP contribution >= 0.6 is 0 Å². The van der Waals surface area contributed by atoms with E-state index in [1.165, 1.54) is 6.08 Å². The highest BCUT2D eigenvalue weighted by Gasteiger charge is 2.35. The summed E-state index contributed by atoms with van der Waals surface area (Å²) in [7, 11) is 0. The quantitative estimate of drug-likeness (QED) is 0.390. The van der Waals surface area contributed by atoms with Crippen LogP contribution in [-0.2, 0) is 19.1 Å². The molecule has 0 aliphatic heterocycles. The molecule has 0 aliphatic carbocycles. The van der Waals surface area contributed by atoms with Crippen LogP contribution in [0.4, 0.5) is 0 Å². The van der Waals surface area contributed by atoms with Gasteiger partial charge in [-0.25, -0.2) is 4.79 Å². The molecular weight excluding hydrogens is 242 g/mol. The largest absolute Gasteiger partial charge is 0.463 e. The van der Waals surface area contributed by atoms with Crippen molar-refractivity contribution >= 4 is 11.9 Å². The van der Waals surface area contributed by atoms with Gasteiger partial charge in [0, 0.05) is 6.92 Å². The zero-order valence-corrected chi connectivity index (χ0v) is 10.7. The molecule has 1 atom stereocenters. The SMILES string of the molecule is CCC/C=C(\C(OC(C)=O)C(=O)OCC)[N+](=O)[O-]. The molecule has 0 spiro atoms. The van der Waals surface area contributed by atoms with Crippen molar-refractivity contribution in [3.8, 4) is 0 Å². The molecule has 7 heteroatoms. The molecule has 0 fully saturated rings. The van der Waals surface area contributed by atoms with Crippen LogP contribution in [0, 0.1) is 10.1 Å². The highest BCUT2D eigenvalue weighted by molar-refractivity contribution is 5.81. The molecule has 0 aromatic heterocycles. The van der Waals surface area contributed by atoms with Crippen molar-refractivity contribution < 1.29 is 24.0 Å². The van der Waals surface area contributed by atoms with Gasteiger partial charge in [-0.3, -0.25) is 14.9 Å². The fourth-order valence-corrected chi connectivity index (χ4v) is 1.18. The first-order valence-electron chi connectivity index (χ1n) is 5.62. The summed E-state index contributed by atoms with van der Waals surface area (Å²) in [4.78, 5) is 32.6. The maximum absolute atomic E-state index is 11.5. The van der Waals surface area contributed by atoms with Crippen LogP contribution < -0.4 is 0 Å². The van der Waals surface area contributed by atoms with Crippen LogP contribution in [0.5, 0.6) is 0 Å². The zero-order chi connectivity index (χ0) is 14.1. The Balaban J connectivity index is 5.15. The van der Waals surface area contributed by atoms with Crippen molar-refractivity contribution in [3.05, 3.63) is 21.9 Å². The number of hydrogen-bond acceptors (Lipinski definition) is 6. The average molecular weight is 259 g/mol. The molecule has 18 heavy (non-hydrogen) atoms. The Morgan fingerprint density at radius 3 is 2.39 bits per heavy atom. The number of carbonyl (C=O) groups excluding carboxylic acids is 2. The number of carbonyl (C=O) groups is 2. The standard InChI is InChI=1S/C11H17NO6/c1-4-6-7-9(12(15)16)10(18-8(3)13)11(14)17-5-2/h7,10H,4-6H2,1-3H3/b9-7+. The third-order valence-electron chi connectivity index (χ3n) is 1.91. The highest BCUT2D eigenvalue weighted by atomic mass is 16.6. The van der Waals surface area contributed by atoms with Crippen molar-refractivity contribution in [2.24, 2.45) is 0 Å². The van der Waals surface area contributed by atoms with Crippen molar-refractivity contribution in [1.29, 1.82) is 0 Å². The normalized spacial score (nSPS) is 12.7. The van der Waals surface area contributed by atoms with Gasteiger partial charge in [0.2, 0.25) is 0 Å². The van der Waals surface area contributed by atoms with E-state index in [0.29, 0.717) is 12.8 Å². The second-order valence-corrected chi connectivity index (χ2v) is 3.42. The maximum atomic E-state index is 11.5. The summed E-state index contributed by atoms with van der Waals surface area (Å²) in [5.41, 5.74) is -0.467. The first-order valence-corrected chi connectivity index (χ1v) is 5.62. The minimum atomic E-state index is -1.61. The van der Waals surface area contributed by atoms with E-state index in [0.717, 1.165) is 6.92 Å². The molecule has 0 radical (unpaired) electrons. The van der Waals surface area contributed by atoms with Crippen molar-refractivity contribution in [2.75, 3.05) is 6.61 Å². The van der Waals surface area contributed by atoms with E-state index in [4.69, 9.17) is 0 Å². The number of esters is 2. The molecule has 7 nitrogen and oxygen atoms in total. The van der Waals surface area contributed by atoms with Gasteiger partial charge in [-0.15, -0.1) is 0 Å². The molecule has 0 N–H and O–H groups in total. The van der Waals surface area contributed by atoms with E-state index in [1.54, 1.807) is 6.92 Å². The predicted molar refractivity (Wildman–Crippen MR) is 62.2 cm³/mol. The van der Waals surface area contributed by atoms with Gasteiger partial charge >= 0.3 is 11.9 Å². The van der Waals surface area contributed by atoms with Gasteiger partial charge in [-0.2, -0.15) is 0 Å². The molecule has 0 aromatic rings. The minimum Gasteiger partial charge on any atom is -0.463 e. The first-order chi connectivity index (χ1) is 8.43. The summed E-state index contributed by atoms with van der Waals surface area (Å²) < 4.78 is 9.32. The Morgan fingerprint density at radius 2 is 2.00 bits per heavy atom. The third kappa shape index (κ3) is 5.42. The van der Waals surface area contributed by atoms with Crippen molar-refractivity contribution in [2.45, 2.75) is 39.7 Å². The molecule has 0 bridgehead atoms. The van der Waals surface area contributed by atoms with Crippen LogP contribution in [-0.4, -0.2) is 29.6 Å². The molecular formula is C11H17NO6. The number of nitrogens with zero attached hydrogens (tertiary/aromatic N) is 1. The van der Waals surface area contributed by atoms with Gasteiger partial charge in [0.05, 0.1) is 11.5 Å². The summed E-state index contributed by atoms with van der Waals surface area (Å²) in [6, 6.07) is 0. The first kappa shape index (κ1) is 16.1. The number of allylic oxidation sites excluding steroid dienone is 1. The van der Waals surface area contributed by atoms with Crippen LogP contribution in [0.2, 0.25) is 0 Å². The number of rotatable bonds is 7. The summed E-state index contributed by atoms with van der Waals surface area (Å²) in [5, 5.41) is 10.9. The Morgan fingerprint density at radius 1 is 1.39 bits per heavy atom. The third-order valence-corrected chi connectivity index (χ3v) is 1.91. The molecule has 0 aromatic carbocycles. The lowest BCUT2D eigenvalue weighted by atomic mass is 10.2. The topological polar surface area (TPSA) is 95.7 Å². The zero-order valence-electron chi connectivity index (χ0n) is 10.7. The number of nitro groups is 1. The smallest absolute Gasteiger partial charge is 0.358 e. The van der Waals surface area contributed by atoms with Gasteiger partial charge in [0.15, 0.2) is 0 Å². The minimum absolute atomic E-state index is 0.0510. The fourth-order valence-electron chi connectivity index (χ4n) is 1.18. The lowest BCUT2D eigenvalue weighted by molar-refractivity contribution is -0.434. The second-order valence-electron chi connectivity index (χ2n) is 3.42. The van der Waals surface area contributed by atoms with E-state index in [9.17, 15) is 19.7 Å². The maximum Gasteiger partial charge on any atom is 0.358 e. The van der Waals surface area contributed by atoms with Gasteiger partial charge in [-0.1, -0.05) is 13.3 Å². The Bertz CT molecular complexity index is 349. The molecule has 0 aliphatic rings. The van der Waals surface area contributed by atoms with Gasteiger partial charge in [0.1, 0.15) is 0 Å². The predicted octanol–water partition coefficient (Wildman–Crippen LogP) is 1.44. The molecule has 1 unspecified atom stereocenters. The monoisotopic (exact) mass is 259 g/mol. The lowest BCUT2D eigenvalue weighted by Crippen LogP contribution is -2.33. The summed E-state index contributed by atoms with van der Waals surface area (Å²) in [5.74, 6) is -1.72. The Hall–Kier alpha value is -1.92. The molecule has 0 amide bonds. The van der Waals surface area contributed by atoms with Gasteiger partial charge in [0.25, 0.3) is 11.8 Å². The Kier molecular flexibility index (Phi) is 7.34. The molecule has 0 saturated carbocycles. The highest BCUT2D eigenvalue weighted by Crippen LogP contribution is 2.12. The summed E-state index contributed by atoms with van der Waals surface area (Å²) in [6.07, 6.45) is 0.745. The van der Waals surface area contributed by atoms with Crippen LogP contribution in [0.15, 0.2) is 11.8 Å². The second kappa shape index (κ2) is 8.21. The van der Waals surface area contributed by atoms with E-state index < -0.39 is 28.7 Å². The number of ether oxygens (including phenoxy) is 2. The van der Waals surface area contributed by atoms with Gasteiger partial charge in [-0.05, 0) is 19.4 Å². The van der Waals surface area contributed by atoms with E-state index in [-0.39, 0.29) is 6.61 Å². The van der Waals surface area contributed by atoms with E-state index in [2.05, 4.69) is 9.47 Å². The Labute approximate surface area is 105 Å². The fraction of sp³-hybridized carbons (Fsp3) is 0.636. The average Bonchev–Trinajstić information content (AvgIpc) is 2.27. The molecule has 0 saturated heterocycles. The van der Waals surface area contributed by atoms with Crippen molar-refractivity contribution in [1.82, 2.24) is 0 Å². The number of hydrogen-bond donors (Lipinski definition) is 0. The van der Waals surface area contributed by atoms with E-state index >= 15 is 0 Å². The van der Waals surface area contributed by atoms with Crippen LogP contribution in [0.25, 0.3) is 0 Å². The summed E-state index contributed by atoms with van der Waals surface area (Å²) >= 11 is 0. The molecule has 0 rings (SSSR count). The lowest BCUT2D eigenvalue weighted by Gasteiger charge is -2.13. The number of unbranched alkanes of at least 4 members (excludes halogenated alkanes) is 1. The van der Waals surface area contributed by atoms with Crippen molar-refractivity contribution in [3.63, 3.8) is 0 Å². The van der Waals surface area contributed by atoms with E-state index in [1.807, 2.05) is 6.92 Å². The van der Waals surface area contributed by atoms with Crippen LogP contribution in [0.3, 0.4) is 0 Å². The molecule has 0 heterocycles. The molecule has 102 valence electrons. The van der Waals surface area contributed by atoms with Gasteiger partial charge < -0.3 is 9.47 Å². The van der Waals surface area contributed by atoms with Crippen LogP contribution in [0.1, 0.15) is 33.6 Å². The summed E-state index contributed by atoms with van der Waals surface area (Å²) in [6.45, 7) is 4.52.